The molecule has 0 saturated carbocycles. The van der Waals surface area contributed by atoms with Crippen molar-refractivity contribution in [2.75, 3.05) is 18.0 Å². The van der Waals surface area contributed by atoms with Gasteiger partial charge in [0, 0.05) is 12.6 Å². The van der Waals surface area contributed by atoms with Crippen molar-refractivity contribution in [3.05, 3.63) is 89.5 Å². The highest BCUT2D eigenvalue weighted by Gasteiger charge is 2.34. The normalized spacial score (nSPS) is 12.8. The third-order valence-corrected chi connectivity index (χ3v) is 8.66. The highest BCUT2D eigenvalue weighted by molar-refractivity contribution is 7.92. The smallest absolute Gasteiger partial charge is 0.264 e. The number of carbonyl (C=O) groups is 2. The van der Waals surface area contributed by atoms with E-state index in [2.05, 4.69) is 5.32 Å². The van der Waals surface area contributed by atoms with Crippen LogP contribution in [0.15, 0.2) is 77.7 Å². The van der Waals surface area contributed by atoms with E-state index in [0.29, 0.717) is 5.75 Å². The maximum atomic E-state index is 14.0. The maximum Gasteiger partial charge on any atom is 0.264 e. The second kappa shape index (κ2) is 13.5. The molecule has 214 valence electrons. The van der Waals surface area contributed by atoms with Gasteiger partial charge in [0.25, 0.3) is 10.0 Å². The average Bonchev–Trinajstić information content (AvgIpc) is 2.95. The summed E-state index contributed by atoms with van der Waals surface area (Å²) in [6.07, 6.45) is 0.737. The molecule has 3 rings (SSSR count). The Hall–Kier alpha value is -3.85. The van der Waals surface area contributed by atoms with Crippen molar-refractivity contribution < 1.29 is 22.7 Å². The molecule has 0 bridgehead atoms. The molecular formula is C31H39N3O5S. The zero-order valence-electron chi connectivity index (χ0n) is 24.0. The minimum absolute atomic E-state index is 0.0458. The number of amides is 2. The number of anilines is 1. The highest BCUT2D eigenvalue weighted by Crippen LogP contribution is 2.32. The first-order valence-electron chi connectivity index (χ1n) is 13.4. The standard InChI is InChI=1S/C31H39N3O5S/c1-7-24(4)32-31(36)25(5)33(20-26-16-12-22(2)13-17-26)30(35)21-34(28-10-8-9-11-29(28)39-6)40(37,38)27-18-14-23(3)15-19-27/h8-19,24-25H,7,20-21H2,1-6H3,(H,32,36)/t24-,25+/m1/s1. The van der Waals surface area contributed by atoms with Crippen molar-refractivity contribution in [1.29, 1.82) is 0 Å². The lowest BCUT2D eigenvalue weighted by Crippen LogP contribution is -2.52. The predicted octanol–water partition coefficient (Wildman–Crippen LogP) is 4.84. The van der Waals surface area contributed by atoms with Crippen molar-refractivity contribution in [2.45, 2.75) is 64.6 Å². The second-order valence-electron chi connectivity index (χ2n) is 10.00. The zero-order valence-corrected chi connectivity index (χ0v) is 24.9. The Bertz CT molecular complexity index is 1410. The molecule has 2 atom stereocenters. The number of aryl methyl sites for hydroxylation is 2. The molecule has 0 saturated heterocycles. The average molecular weight is 566 g/mol. The molecule has 0 fully saturated rings. The minimum Gasteiger partial charge on any atom is -0.495 e. The number of sulfonamides is 1. The fourth-order valence-electron chi connectivity index (χ4n) is 4.12. The van der Waals surface area contributed by atoms with Gasteiger partial charge in [-0.15, -0.1) is 0 Å². The van der Waals surface area contributed by atoms with Crippen LogP contribution < -0.4 is 14.4 Å². The molecule has 0 heterocycles. The van der Waals surface area contributed by atoms with Gasteiger partial charge >= 0.3 is 0 Å². The van der Waals surface area contributed by atoms with Crippen LogP contribution in [0.2, 0.25) is 0 Å². The van der Waals surface area contributed by atoms with Crippen molar-refractivity contribution in [1.82, 2.24) is 10.2 Å². The van der Waals surface area contributed by atoms with Gasteiger partial charge in [0.1, 0.15) is 18.3 Å². The van der Waals surface area contributed by atoms with Crippen LogP contribution >= 0.6 is 0 Å². The molecule has 0 aliphatic heterocycles. The molecule has 0 spiro atoms. The first-order chi connectivity index (χ1) is 19.0. The Morgan fingerprint density at radius 1 is 0.900 bits per heavy atom. The third kappa shape index (κ3) is 7.41. The Morgan fingerprint density at radius 2 is 1.48 bits per heavy atom. The number of hydrogen-bond donors (Lipinski definition) is 1. The van der Waals surface area contributed by atoms with E-state index in [1.807, 2.05) is 52.0 Å². The highest BCUT2D eigenvalue weighted by atomic mass is 32.2. The Kier molecular flexibility index (Phi) is 10.3. The van der Waals surface area contributed by atoms with Crippen LogP contribution in [-0.4, -0.2) is 50.9 Å². The molecule has 2 amide bonds. The SMILES string of the molecule is CC[C@@H](C)NC(=O)[C@H](C)N(Cc1ccc(C)cc1)C(=O)CN(c1ccccc1OC)S(=O)(=O)c1ccc(C)cc1. The lowest BCUT2D eigenvalue weighted by Gasteiger charge is -2.32. The molecule has 40 heavy (non-hydrogen) atoms. The molecule has 0 unspecified atom stereocenters. The lowest BCUT2D eigenvalue weighted by molar-refractivity contribution is -0.139. The van der Waals surface area contributed by atoms with E-state index in [4.69, 9.17) is 4.74 Å². The number of carbonyl (C=O) groups excluding carboxylic acids is 2. The van der Waals surface area contributed by atoms with E-state index in [1.165, 1.54) is 24.1 Å². The minimum atomic E-state index is -4.17. The summed E-state index contributed by atoms with van der Waals surface area (Å²) in [6.45, 7) is 8.97. The molecular weight excluding hydrogens is 526 g/mol. The van der Waals surface area contributed by atoms with Gasteiger partial charge in [0.05, 0.1) is 17.7 Å². The molecule has 1 N–H and O–H groups in total. The van der Waals surface area contributed by atoms with Gasteiger partial charge in [-0.05, 0) is 63.9 Å². The van der Waals surface area contributed by atoms with Crippen LogP contribution in [0.3, 0.4) is 0 Å². The summed E-state index contributed by atoms with van der Waals surface area (Å²) >= 11 is 0. The number of ether oxygens (including phenoxy) is 1. The van der Waals surface area contributed by atoms with Gasteiger partial charge < -0.3 is 15.0 Å². The summed E-state index contributed by atoms with van der Waals surface area (Å²) in [6, 6.07) is 19.9. The topological polar surface area (TPSA) is 96.0 Å². The Morgan fingerprint density at radius 3 is 2.05 bits per heavy atom. The van der Waals surface area contributed by atoms with Gasteiger partial charge in [-0.25, -0.2) is 8.42 Å². The number of rotatable bonds is 12. The van der Waals surface area contributed by atoms with Gasteiger partial charge in [-0.2, -0.15) is 0 Å². The molecule has 8 nitrogen and oxygen atoms in total. The van der Waals surface area contributed by atoms with E-state index in [-0.39, 0.29) is 29.1 Å². The first-order valence-corrected chi connectivity index (χ1v) is 14.8. The van der Waals surface area contributed by atoms with Gasteiger partial charge in [-0.3, -0.25) is 13.9 Å². The molecule has 3 aromatic carbocycles. The quantitative estimate of drug-likeness (QED) is 0.339. The Labute approximate surface area is 238 Å². The van der Waals surface area contributed by atoms with Crippen LogP contribution in [-0.2, 0) is 26.2 Å². The summed E-state index contributed by atoms with van der Waals surface area (Å²) in [5.41, 5.74) is 3.03. The van der Waals surface area contributed by atoms with Crippen LogP contribution in [0.1, 0.15) is 43.9 Å². The molecule has 9 heteroatoms. The summed E-state index contributed by atoms with van der Waals surface area (Å²) in [5.74, 6) is -0.521. The number of hydrogen-bond acceptors (Lipinski definition) is 5. The monoisotopic (exact) mass is 565 g/mol. The van der Waals surface area contributed by atoms with Crippen molar-refractivity contribution in [2.24, 2.45) is 0 Å². The van der Waals surface area contributed by atoms with Gasteiger partial charge in [0.15, 0.2) is 0 Å². The third-order valence-electron chi connectivity index (χ3n) is 6.88. The van der Waals surface area contributed by atoms with E-state index in [9.17, 15) is 18.0 Å². The summed E-state index contributed by atoms with van der Waals surface area (Å²) in [4.78, 5) is 28.7. The fraction of sp³-hybridized carbons (Fsp3) is 0.355. The lowest BCUT2D eigenvalue weighted by atomic mass is 10.1. The molecule has 0 aliphatic carbocycles. The summed E-state index contributed by atoms with van der Waals surface area (Å²) in [7, 11) is -2.73. The van der Waals surface area contributed by atoms with E-state index < -0.39 is 28.5 Å². The first kappa shape index (κ1) is 30.7. The van der Waals surface area contributed by atoms with Gasteiger partial charge in [-0.1, -0.05) is 66.6 Å². The van der Waals surface area contributed by atoms with Crippen molar-refractivity contribution in [3.8, 4) is 5.75 Å². The summed E-state index contributed by atoms with van der Waals surface area (Å²) < 4.78 is 34.5. The van der Waals surface area contributed by atoms with Crippen molar-refractivity contribution in [3.63, 3.8) is 0 Å². The fourth-order valence-corrected chi connectivity index (χ4v) is 5.55. The Balaban J connectivity index is 2.06. The zero-order chi connectivity index (χ0) is 29.4. The number of para-hydroxylation sites is 2. The number of benzene rings is 3. The predicted molar refractivity (Wildman–Crippen MR) is 158 cm³/mol. The van der Waals surface area contributed by atoms with Crippen molar-refractivity contribution >= 4 is 27.5 Å². The molecule has 3 aromatic rings. The van der Waals surface area contributed by atoms with E-state index in [0.717, 1.165) is 27.4 Å². The van der Waals surface area contributed by atoms with Crippen LogP contribution in [0.5, 0.6) is 5.75 Å². The van der Waals surface area contributed by atoms with Crippen LogP contribution in [0.25, 0.3) is 0 Å². The molecule has 0 radical (unpaired) electrons. The number of nitrogens with zero attached hydrogens (tertiary/aromatic N) is 2. The summed E-state index contributed by atoms with van der Waals surface area (Å²) in [5, 5.41) is 2.94. The van der Waals surface area contributed by atoms with Crippen LogP contribution in [0.4, 0.5) is 5.69 Å². The van der Waals surface area contributed by atoms with E-state index >= 15 is 0 Å². The molecule has 0 aromatic heterocycles. The van der Waals surface area contributed by atoms with Gasteiger partial charge in [0.2, 0.25) is 11.8 Å². The second-order valence-corrected chi connectivity index (χ2v) is 11.9. The molecule has 0 aliphatic rings. The maximum absolute atomic E-state index is 14.0. The number of nitrogens with one attached hydrogen (secondary N) is 1. The van der Waals surface area contributed by atoms with E-state index in [1.54, 1.807) is 43.3 Å². The van der Waals surface area contributed by atoms with Crippen LogP contribution in [0, 0.1) is 13.8 Å². The largest absolute Gasteiger partial charge is 0.495 e. The number of methoxy groups -OCH3 is 1.